The summed E-state index contributed by atoms with van der Waals surface area (Å²) in [6, 6.07) is 0. The van der Waals surface area contributed by atoms with Crippen molar-refractivity contribution in [1.82, 2.24) is 0 Å². The summed E-state index contributed by atoms with van der Waals surface area (Å²) in [6.07, 6.45) is 84.7. The van der Waals surface area contributed by atoms with Crippen LogP contribution in [0.2, 0.25) is 0 Å². The van der Waals surface area contributed by atoms with Crippen molar-refractivity contribution >= 4 is 39.5 Å². The third-order valence-electron chi connectivity index (χ3n) is 17.0. The molecule has 0 aromatic heterocycles. The standard InChI is InChI=1S/C85H146O17P2/c1-5-9-13-17-21-25-29-33-37-39-43-46-50-54-58-62-66-70-83(88)96-76-81(102-85(90)72-68-64-60-56-52-48-44-40-38-34-30-26-22-18-14-10-6-2)78-100-104(93,94)98-74-79(86)73-97-103(91,92)99-77-80(101-84(89)71-67-63-59-55-51-47-42-36-32-28-24-20-16-12-8-4)75-95-82(87)69-65-61-57-53-49-45-41-35-31-27-23-19-15-11-7-3/h9-10,13-14,21-22,25-26,33-34,37-38,43-44,46,48,54,56,58,60,79-81,86H,5-8,11-12,15-20,23-24,27-32,35-36,39-42,45,47,49-53,55,57,59,61-78H2,1-4H3,(H,91,92)(H,93,94)/b13-9-,14-10-,25-21-,26-22-,37-33-,38-34-,46-43-,48-44-,58-54-,60-56-. The van der Waals surface area contributed by atoms with E-state index in [1.54, 1.807) is 0 Å². The summed E-state index contributed by atoms with van der Waals surface area (Å²) in [6.45, 7) is 4.57. The van der Waals surface area contributed by atoms with E-state index in [9.17, 15) is 43.2 Å². The van der Waals surface area contributed by atoms with Gasteiger partial charge in [0.15, 0.2) is 12.2 Å². The van der Waals surface area contributed by atoms with Crippen LogP contribution < -0.4 is 0 Å². The molecule has 5 unspecified atom stereocenters. The van der Waals surface area contributed by atoms with Gasteiger partial charge in [0.25, 0.3) is 0 Å². The highest BCUT2D eigenvalue weighted by Gasteiger charge is 2.30. The van der Waals surface area contributed by atoms with E-state index in [0.717, 1.165) is 109 Å². The SMILES string of the molecule is CC/C=C\C/C=C\C/C=C\C/C=C\C/C=C\CCCC(=O)OCC(COP(=O)(O)OCC(O)COP(=O)(O)OCC(COC(=O)CCCCCCCCCCCCCCCCC)OC(=O)CCCCCCCCCCCCCCCCC)OC(=O)CCC/C=C\C/C=C\C/C=C\C/C=C\C/C=C\CC. The molecule has 598 valence electrons. The number of aliphatic hydroxyl groups is 1. The molecule has 0 aliphatic carbocycles. The number of phosphoric acid groups is 2. The monoisotopic (exact) mass is 1500 g/mol. The molecule has 0 heterocycles. The number of esters is 4. The maximum absolute atomic E-state index is 13.1. The number of allylic oxidation sites excluding steroid dienone is 20. The van der Waals surface area contributed by atoms with Crippen LogP contribution >= 0.6 is 15.6 Å². The normalized spacial score (nSPS) is 14.5. The molecule has 5 atom stereocenters. The summed E-state index contributed by atoms with van der Waals surface area (Å²) in [7, 11) is -9.99. The van der Waals surface area contributed by atoms with E-state index in [4.69, 9.17) is 37.0 Å². The zero-order valence-corrected chi connectivity index (χ0v) is 67.2. The van der Waals surface area contributed by atoms with Gasteiger partial charge in [-0.1, -0.05) is 329 Å². The summed E-state index contributed by atoms with van der Waals surface area (Å²) in [4.78, 5) is 73.0. The highest BCUT2D eigenvalue weighted by molar-refractivity contribution is 7.47. The van der Waals surface area contributed by atoms with E-state index in [0.29, 0.717) is 38.5 Å². The minimum absolute atomic E-state index is 0.00235. The molecule has 0 aliphatic heterocycles. The third kappa shape index (κ3) is 75.7. The molecule has 3 N–H and O–H groups in total. The van der Waals surface area contributed by atoms with Crippen molar-refractivity contribution in [3.05, 3.63) is 122 Å². The zero-order chi connectivity index (χ0) is 76.0. The number of ether oxygens (including phenoxy) is 4. The Kier molecular flexibility index (Phi) is 73.3. The molecule has 0 spiro atoms. The molecule has 0 aromatic carbocycles. The molecule has 17 nitrogen and oxygen atoms in total. The van der Waals surface area contributed by atoms with Crippen LogP contribution in [-0.4, -0.2) is 96.7 Å². The van der Waals surface area contributed by atoms with Crippen LogP contribution in [0.4, 0.5) is 0 Å². The molecule has 0 aliphatic rings. The lowest BCUT2D eigenvalue weighted by Gasteiger charge is -2.21. The summed E-state index contributed by atoms with van der Waals surface area (Å²) in [5.41, 5.74) is 0. The Morgan fingerprint density at radius 3 is 0.779 bits per heavy atom. The molecule has 0 amide bonds. The number of aliphatic hydroxyl groups excluding tert-OH is 1. The molecule has 0 radical (unpaired) electrons. The first-order valence-electron chi connectivity index (χ1n) is 40.8. The van der Waals surface area contributed by atoms with Crippen LogP contribution in [0.1, 0.15) is 336 Å². The summed E-state index contributed by atoms with van der Waals surface area (Å²) < 4.78 is 68.6. The largest absolute Gasteiger partial charge is 0.472 e. The fraction of sp³-hybridized carbons (Fsp3) is 0.718. The maximum Gasteiger partial charge on any atom is 0.472 e. The highest BCUT2D eigenvalue weighted by Crippen LogP contribution is 2.45. The van der Waals surface area contributed by atoms with Gasteiger partial charge in [0.05, 0.1) is 26.4 Å². The molecular formula is C85H146O17P2. The van der Waals surface area contributed by atoms with E-state index in [-0.39, 0.29) is 25.7 Å². The predicted molar refractivity (Wildman–Crippen MR) is 427 cm³/mol. The van der Waals surface area contributed by atoms with Crippen LogP contribution in [0, 0.1) is 0 Å². The smallest absolute Gasteiger partial charge is 0.462 e. The van der Waals surface area contributed by atoms with Gasteiger partial charge in [-0.25, -0.2) is 9.13 Å². The van der Waals surface area contributed by atoms with Crippen molar-refractivity contribution in [2.45, 2.75) is 354 Å². The van der Waals surface area contributed by atoms with Gasteiger partial charge in [0.1, 0.15) is 19.3 Å². The summed E-state index contributed by atoms with van der Waals surface area (Å²) >= 11 is 0. The number of carbonyl (C=O) groups excluding carboxylic acids is 4. The van der Waals surface area contributed by atoms with Crippen LogP contribution in [0.5, 0.6) is 0 Å². The molecule has 0 rings (SSSR count). The van der Waals surface area contributed by atoms with Gasteiger partial charge >= 0.3 is 39.5 Å². The second-order valence-corrected chi connectivity index (χ2v) is 29.9. The second kappa shape index (κ2) is 76.6. The van der Waals surface area contributed by atoms with Gasteiger partial charge in [-0.2, -0.15) is 0 Å². The molecule has 0 aromatic rings. The van der Waals surface area contributed by atoms with Crippen molar-refractivity contribution in [1.29, 1.82) is 0 Å². The Labute approximate surface area is 632 Å². The fourth-order valence-corrected chi connectivity index (χ4v) is 12.4. The maximum atomic E-state index is 13.1. The lowest BCUT2D eigenvalue weighted by Crippen LogP contribution is -2.30. The first-order valence-corrected chi connectivity index (χ1v) is 43.8. The lowest BCUT2D eigenvalue weighted by atomic mass is 10.0. The van der Waals surface area contributed by atoms with Crippen molar-refractivity contribution in [2.24, 2.45) is 0 Å². The van der Waals surface area contributed by atoms with Gasteiger partial charge in [-0.3, -0.25) is 37.3 Å². The van der Waals surface area contributed by atoms with Gasteiger partial charge in [-0.05, 0) is 103 Å². The quantitative estimate of drug-likeness (QED) is 0.0169. The first kappa shape index (κ1) is 99.5. The molecule has 0 fully saturated rings. The number of carbonyl (C=O) groups is 4. The Hall–Kier alpha value is -4.54. The van der Waals surface area contributed by atoms with E-state index < -0.39 is 97.5 Å². The van der Waals surface area contributed by atoms with Gasteiger partial charge in [0, 0.05) is 25.7 Å². The van der Waals surface area contributed by atoms with Crippen LogP contribution in [0.25, 0.3) is 0 Å². The van der Waals surface area contributed by atoms with Crippen molar-refractivity contribution < 1.29 is 80.2 Å². The van der Waals surface area contributed by atoms with Crippen LogP contribution in [-0.2, 0) is 65.4 Å². The zero-order valence-electron chi connectivity index (χ0n) is 65.4. The van der Waals surface area contributed by atoms with Crippen LogP contribution in [0.3, 0.4) is 0 Å². The Bertz CT molecular complexity index is 2440. The van der Waals surface area contributed by atoms with E-state index in [2.05, 4.69) is 125 Å². The molecule has 0 bridgehead atoms. The highest BCUT2D eigenvalue weighted by atomic mass is 31.2. The topological polar surface area (TPSA) is 237 Å². The van der Waals surface area contributed by atoms with E-state index in [1.807, 2.05) is 24.3 Å². The van der Waals surface area contributed by atoms with Crippen LogP contribution in [0.15, 0.2) is 122 Å². The van der Waals surface area contributed by atoms with Gasteiger partial charge in [0.2, 0.25) is 0 Å². The van der Waals surface area contributed by atoms with Crippen molar-refractivity contribution in [3.63, 3.8) is 0 Å². The lowest BCUT2D eigenvalue weighted by molar-refractivity contribution is -0.161. The van der Waals surface area contributed by atoms with E-state index >= 15 is 0 Å². The third-order valence-corrected chi connectivity index (χ3v) is 18.9. The number of hydrogen-bond donors (Lipinski definition) is 3. The number of unbranched alkanes of at least 4 members (excludes halogenated alkanes) is 30. The summed E-state index contributed by atoms with van der Waals surface area (Å²) in [5.74, 6) is -2.29. The van der Waals surface area contributed by atoms with Gasteiger partial charge < -0.3 is 33.8 Å². The van der Waals surface area contributed by atoms with Gasteiger partial charge in [-0.15, -0.1) is 0 Å². The first-order chi connectivity index (χ1) is 50.7. The van der Waals surface area contributed by atoms with Crippen molar-refractivity contribution in [3.8, 4) is 0 Å². The molecule has 19 heteroatoms. The average Bonchev–Trinajstić information content (AvgIpc) is 0.926. The fourth-order valence-electron chi connectivity index (χ4n) is 10.8. The molecule has 0 saturated heterocycles. The molecular weight excluding hydrogens is 1350 g/mol. The number of rotatable bonds is 76. The number of phosphoric ester groups is 2. The minimum atomic E-state index is -5.01. The number of hydrogen-bond acceptors (Lipinski definition) is 15. The molecule has 104 heavy (non-hydrogen) atoms. The average molecular weight is 1500 g/mol. The molecule has 0 saturated carbocycles. The minimum Gasteiger partial charge on any atom is -0.462 e. The Morgan fingerprint density at radius 1 is 0.279 bits per heavy atom. The Morgan fingerprint density at radius 2 is 0.500 bits per heavy atom. The summed E-state index contributed by atoms with van der Waals surface area (Å²) in [5, 5.41) is 10.6. The van der Waals surface area contributed by atoms with E-state index in [1.165, 1.54) is 135 Å². The second-order valence-electron chi connectivity index (χ2n) is 27.0. The predicted octanol–water partition coefficient (Wildman–Crippen LogP) is 23.9. The Balaban J connectivity index is 5.45. The van der Waals surface area contributed by atoms with Crippen molar-refractivity contribution in [2.75, 3.05) is 39.6 Å².